The molecule has 0 aliphatic carbocycles. The van der Waals surface area contributed by atoms with E-state index in [1.54, 1.807) is 18.2 Å². The molecule has 4 amide bonds. The van der Waals surface area contributed by atoms with Crippen LogP contribution in [0.5, 0.6) is 0 Å². The van der Waals surface area contributed by atoms with E-state index in [0.717, 1.165) is 10.5 Å². The van der Waals surface area contributed by atoms with Gasteiger partial charge in [-0.1, -0.05) is 41.9 Å². The molecule has 1 spiro atoms. The first-order valence-corrected chi connectivity index (χ1v) is 14.0. The fraction of sp³-hybridized carbons (Fsp3) is 0.300. The van der Waals surface area contributed by atoms with Crippen LogP contribution in [0.1, 0.15) is 27.9 Å². The molecule has 0 saturated carbocycles. The van der Waals surface area contributed by atoms with E-state index in [-0.39, 0.29) is 31.0 Å². The lowest BCUT2D eigenvalue weighted by atomic mass is 9.89. The number of anilines is 2. The normalized spacial score (nSPS) is 18.0. The molecular formula is C30H30ClN5O7. The van der Waals surface area contributed by atoms with E-state index in [9.17, 15) is 19.2 Å². The Morgan fingerprint density at radius 1 is 1.14 bits per heavy atom. The van der Waals surface area contributed by atoms with E-state index in [4.69, 9.17) is 25.8 Å². The smallest absolute Gasteiger partial charge is 0.422 e. The zero-order chi connectivity index (χ0) is 30.4. The zero-order valence-electron chi connectivity index (χ0n) is 23.3. The van der Waals surface area contributed by atoms with Gasteiger partial charge in [-0.2, -0.15) is 0 Å². The van der Waals surface area contributed by atoms with Crippen molar-refractivity contribution in [2.45, 2.75) is 24.5 Å². The molecule has 2 atom stereocenters. The summed E-state index contributed by atoms with van der Waals surface area (Å²) in [6.45, 7) is 1.34. The van der Waals surface area contributed by atoms with Crippen LogP contribution in [0.25, 0.3) is 0 Å². The fourth-order valence-electron chi connectivity index (χ4n) is 5.04. The highest BCUT2D eigenvalue weighted by molar-refractivity contribution is 6.31. The van der Waals surface area contributed by atoms with Crippen LogP contribution in [0.15, 0.2) is 66.9 Å². The number of imide groups is 1. The highest BCUT2D eigenvalue weighted by Crippen LogP contribution is 2.44. The molecule has 1 aromatic heterocycles. The Morgan fingerprint density at radius 3 is 2.65 bits per heavy atom. The van der Waals surface area contributed by atoms with Gasteiger partial charge in [0.25, 0.3) is 11.8 Å². The molecule has 0 bridgehead atoms. The second kappa shape index (κ2) is 13.2. The lowest BCUT2D eigenvalue weighted by Gasteiger charge is -2.40. The summed E-state index contributed by atoms with van der Waals surface area (Å²) in [5, 5.41) is 8.86. The van der Waals surface area contributed by atoms with E-state index in [0.29, 0.717) is 35.8 Å². The molecule has 1 unspecified atom stereocenters. The van der Waals surface area contributed by atoms with Gasteiger partial charge in [-0.05, 0) is 42.4 Å². The number of benzene rings is 2. The number of ether oxygens (including phenoxy) is 3. The Morgan fingerprint density at radius 2 is 1.95 bits per heavy atom. The van der Waals surface area contributed by atoms with Crippen LogP contribution >= 0.6 is 11.6 Å². The van der Waals surface area contributed by atoms with Crippen LogP contribution in [-0.4, -0.2) is 68.4 Å². The number of pyridine rings is 1. The first kappa shape index (κ1) is 30.0. The van der Waals surface area contributed by atoms with Crippen molar-refractivity contribution in [3.63, 3.8) is 0 Å². The number of nitrogens with zero attached hydrogens (tertiary/aromatic N) is 2. The minimum atomic E-state index is -1.14. The standard InChI is InChI=1S/C30H30ClN5O7/c1-41-13-14-42-28(39)35-25-10-7-20(17-33-25)26(37)34-23(15-19-5-3-2-4-6-19)27(38)36-24-9-8-21(31)16-22(24)30(43-29(36)40)11-12-32-18-30/h2-10,16-17,23,32H,11-15,18H2,1H3,(H,34,37)(H,33,35,39)/t23-,30?/m0/s1. The molecule has 43 heavy (non-hydrogen) atoms. The number of nitrogens with one attached hydrogen (secondary N) is 3. The maximum absolute atomic E-state index is 14.1. The highest BCUT2D eigenvalue weighted by atomic mass is 35.5. The predicted molar refractivity (Wildman–Crippen MR) is 157 cm³/mol. The molecular weight excluding hydrogens is 578 g/mol. The van der Waals surface area contributed by atoms with Crippen molar-refractivity contribution >= 4 is 47.1 Å². The average Bonchev–Trinajstić information content (AvgIpc) is 3.47. The van der Waals surface area contributed by atoms with Gasteiger partial charge in [-0.3, -0.25) is 14.9 Å². The molecule has 5 rings (SSSR count). The Kier molecular flexibility index (Phi) is 9.19. The summed E-state index contributed by atoms with van der Waals surface area (Å²) in [7, 11) is 1.49. The van der Waals surface area contributed by atoms with Crippen LogP contribution in [-0.2, 0) is 31.0 Å². The van der Waals surface area contributed by atoms with E-state index in [2.05, 4.69) is 20.9 Å². The maximum Gasteiger partial charge on any atom is 0.422 e. The summed E-state index contributed by atoms with van der Waals surface area (Å²) in [5.74, 6) is -1.11. The second-order valence-corrected chi connectivity index (χ2v) is 10.5. The minimum absolute atomic E-state index is 0.0690. The lowest BCUT2D eigenvalue weighted by Crippen LogP contribution is -2.56. The van der Waals surface area contributed by atoms with Gasteiger partial charge in [-0.25, -0.2) is 19.5 Å². The quantitative estimate of drug-likeness (QED) is 0.310. The molecule has 1 saturated heterocycles. The van der Waals surface area contributed by atoms with E-state index in [1.807, 2.05) is 30.3 Å². The number of aromatic nitrogens is 1. The van der Waals surface area contributed by atoms with Crippen LogP contribution < -0.4 is 20.9 Å². The third-order valence-corrected chi connectivity index (χ3v) is 7.39. The second-order valence-electron chi connectivity index (χ2n) is 10.0. The minimum Gasteiger partial charge on any atom is -0.447 e. The van der Waals surface area contributed by atoms with Crippen LogP contribution in [0.2, 0.25) is 5.02 Å². The zero-order valence-corrected chi connectivity index (χ0v) is 24.1. The number of halogens is 1. The summed E-state index contributed by atoms with van der Waals surface area (Å²) in [6, 6.07) is 15.8. The summed E-state index contributed by atoms with van der Waals surface area (Å²) >= 11 is 6.31. The van der Waals surface area contributed by atoms with Gasteiger partial charge >= 0.3 is 12.2 Å². The first-order valence-electron chi connectivity index (χ1n) is 13.6. The number of amides is 4. The molecule has 2 aliphatic rings. The van der Waals surface area contributed by atoms with Crippen molar-refractivity contribution in [1.82, 2.24) is 15.6 Å². The van der Waals surface area contributed by atoms with E-state index < -0.39 is 35.6 Å². The van der Waals surface area contributed by atoms with Gasteiger partial charge in [0.2, 0.25) is 0 Å². The van der Waals surface area contributed by atoms with Crippen LogP contribution in [0.3, 0.4) is 0 Å². The first-order chi connectivity index (χ1) is 20.8. The number of fused-ring (bicyclic) bond motifs is 2. The summed E-state index contributed by atoms with van der Waals surface area (Å²) < 4.78 is 15.7. The van der Waals surface area contributed by atoms with Crippen LogP contribution in [0.4, 0.5) is 21.1 Å². The number of carbonyl (C=O) groups excluding carboxylic acids is 4. The van der Waals surface area contributed by atoms with Crippen molar-refractivity contribution in [1.29, 1.82) is 0 Å². The Balaban J connectivity index is 1.38. The Hall–Kier alpha value is -4.52. The van der Waals surface area contributed by atoms with Crippen molar-refractivity contribution in [3.05, 3.63) is 88.6 Å². The SMILES string of the molecule is COCCOC(=O)Nc1ccc(C(=O)N[C@@H](Cc2ccccc2)C(=O)N2C(=O)OC3(CCNC3)c3cc(Cl)ccc32)cn1. The molecule has 3 N–H and O–H groups in total. The molecule has 3 heterocycles. The van der Waals surface area contributed by atoms with Crippen molar-refractivity contribution < 1.29 is 33.4 Å². The number of hydrogen-bond acceptors (Lipinski definition) is 9. The van der Waals surface area contributed by atoms with Gasteiger partial charge in [0.05, 0.1) is 17.9 Å². The average molecular weight is 608 g/mol. The maximum atomic E-state index is 14.1. The van der Waals surface area contributed by atoms with Gasteiger partial charge in [0, 0.05) is 43.3 Å². The third kappa shape index (κ3) is 6.77. The molecule has 12 nitrogen and oxygen atoms in total. The Labute approximate surface area is 252 Å². The van der Waals surface area contributed by atoms with Gasteiger partial charge in [0.15, 0.2) is 5.60 Å². The lowest BCUT2D eigenvalue weighted by molar-refractivity contribution is -0.120. The predicted octanol–water partition coefficient (Wildman–Crippen LogP) is 3.64. The molecule has 2 aliphatic heterocycles. The van der Waals surface area contributed by atoms with Crippen molar-refractivity contribution in [2.75, 3.05) is 43.6 Å². The molecule has 2 aromatic carbocycles. The number of carbonyl (C=O) groups is 4. The Bertz CT molecular complexity index is 1500. The van der Waals surface area contributed by atoms with E-state index in [1.165, 1.54) is 25.4 Å². The summed E-state index contributed by atoms with van der Waals surface area (Å²) in [5.41, 5.74) is 0.939. The number of hydrogen-bond donors (Lipinski definition) is 3. The topological polar surface area (TPSA) is 148 Å². The number of methoxy groups -OCH3 is 1. The van der Waals surface area contributed by atoms with E-state index >= 15 is 0 Å². The third-order valence-electron chi connectivity index (χ3n) is 7.15. The van der Waals surface area contributed by atoms with Gasteiger partial charge in [0.1, 0.15) is 18.5 Å². The molecule has 1 fully saturated rings. The molecule has 224 valence electrons. The molecule has 13 heteroatoms. The summed E-state index contributed by atoms with van der Waals surface area (Å²) in [6.07, 6.45) is 0.338. The fourth-order valence-corrected chi connectivity index (χ4v) is 5.21. The van der Waals surface area contributed by atoms with Gasteiger partial charge < -0.3 is 24.8 Å². The molecule has 3 aromatic rings. The van der Waals surface area contributed by atoms with Crippen LogP contribution in [0, 0.1) is 0 Å². The largest absolute Gasteiger partial charge is 0.447 e. The van der Waals surface area contributed by atoms with Crippen molar-refractivity contribution in [2.24, 2.45) is 0 Å². The molecule has 0 radical (unpaired) electrons. The van der Waals surface area contributed by atoms with Gasteiger partial charge in [-0.15, -0.1) is 0 Å². The number of rotatable bonds is 9. The monoisotopic (exact) mass is 607 g/mol. The van der Waals surface area contributed by atoms with Crippen molar-refractivity contribution in [3.8, 4) is 0 Å². The summed E-state index contributed by atoms with van der Waals surface area (Å²) in [4.78, 5) is 57.8. The highest BCUT2D eigenvalue weighted by Gasteiger charge is 2.49.